The van der Waals surface area contributed by atoms with Crippen molar-refractivity contribution in [2.45, 2.75) is 38.3 Å². The van der Waals surface area contributed by atoms with Gasteiger partial charge in [0.15, 0.2) is 0 Å². The summed E-state index contributed by atoms with van der Waals surface area (Å²) in [6, 6.07) is 6.22. The predicted octanol–water partition coefficient (Wildman–Crippen LogP) is 1.98. The van der Waals surface area contributed by atoms with E-state index in [2.05, 4.69) is 10.1 Å². The van der Waals surface area contributed by atoms with Gasteiger partial charge < -0.3 is 9.84 Å². The maximum atomic E-state index is 13.1. The second-order valence-electron chi connectivity index (χ2n) is 6.91. The van der Waals surface area contributed by atoms with E-state index in [9.17, 15) is 14.3 Å². The number of aromatic nitrogens is 3. The van der Waals surface area contributed by atoms with Crippen molar-refractivity contribution >= 4 is 5.97 Å². The molecule has 1 aromatic carbocycles. The van der Waals surface area contributed by atoms with Gasteiger partial charge >= 0.3 is 5.97 Å². The molecule has 1 heterocycles. The molecule has 25 heavy (non-hydrogen) atoms. The highest BCUT2D eigenvalue weighted by Gasteiger charge is 2.61. The highest BCUT2D eigenvalue weighted by atomic mass is 19.1. The van der Waals surface area contributed by atoms with Gasteiger partial charge in [0.05, 0.1) is 19.1 Å². The van der Waals surface area contributed by atoms with Crippen LogP contribution in [0, 0.1) is 17.2 Å². The Balaban J connectivity index is 1.93. The molecule has 0 amide bonds. The van der Waals surface area contributed by atoms with E-state index in [1.54, 1.807) is 19.1 Å². The Morgan fingerprint density at radius 1 is 1.44 bits per heavy atom. The zero-order chi connectivity index (χ0) is 18.1. The molecule has 1 fully saturated rings. The lowest BCUT2D eigenvalue weighted by molar-refractivity contribution is -0.173. The number of halogens is 1. The van der Waals surface area contributed by atoms with E-state index in [1.807, 2.05) is 0 Å². The third kappa shape index (κ3) is 3.04. The van der Waals surface area contributed by atoms with Crippen LogP contribution < -0.4 is 0 Å². The number of benzene rings is 1. The first kappa shape index (κ1) is 17.5. The molecule has 0 aliphatic heterocycles. The van der Waals surface area contributed by atoms with E-state index >= 15 is 0 Å². The van der Waals surface area contributed by atoms with Crippen LogP contribution in [0.25, 0.3) is 0 Å². The second-order valence-corrected chi connectivity index (χ2v) is 6.91. The Morgan fingerprint density at radius 2 is 2.16 bits per heavy atom. The van der Waals surface area contributed by atoms with Gasteiger partial charge in [0.25, 0.3) is 0 Å². The Bertz CT molecular complexity index is 735. The minimum absolute atomic E-state index is 0.143. The zero-order valence-corrected chi connectivity index (χ0v) is 14.4. The summed E-state index contributed by atoms with van der Waals surface area (Å²) >= 11 is 0. The molecule has 0 bridgehead atoms. The lowest BCUT2D eigenvalue weighted by Crippen LogP contribution is -2.54. The number of nitrogens with zero attached hydrogens (tertiary/aromatic N) is 3. The first-order chi connectivity index (χ1) is 11.9. The summed E-state index contributed by atoms with van der Waals surface area (Å²) in [6.07, 6.45) is 4.62. The fourth-order valence-corrected chi connectivity index (χ4v) is 3.91. The topological polar surface area (TPSA) is 77.2 Å². The van der Waals surface area contributed by atoms with E-state index in [0.29, 0.717) is 19.3 Å². The molecule has 3 atom stereocenters. The van der Waals surface area contributed by atoms with Gasteiger partial charge in [0, 0.05) is 0 Å². The van der Waals surface area contributed by atoms with Crippen molar-refractivity contribution in [3.8, 4) is 0 Å². The molecule has 0 radical (unpaired) electrons. The van der Waals surface area contributed by atoms with Gasteiger partial charge in [0.2, 0.25) is 0 Å². The van der Waals surface area contributed by atoms with Crippen LogP contribution in [0.5, 0.6) is 0 Å². The van der Waals surface area contributed by atoms with Gasteiger partial charge in [-0.2, -0.15) is 5.10 Å². The Morgan fingerprint density at radius 3 is 2.76 bits per heavy atom. The molecule has 1 saturated carbocycles. The highest BCUT2D eigenvalue weighted by molar-refractivity contribution is 5.78. The lowest BCUT2D eigenvalue weighted by Gasteiger charge is -2.40. The lowest BCUT2D eigenvalue weighted by atomic mass is 9.71. The number of carbonyl (C=O) groups is 1. The van der Waals surface area contributed by atoms with Crippen molar-refractivity contribution in [1.82, 2.24) is 14.8 Å². The molecule has 2 aromatic rings. The SMILES string of the molecule is COC(=O)[C@@]1(C)CC[C@@H](Cc2ccc(F)cc2)[C@@]1(O)Cn1cncn1. The summed E-state index contributed by atoms with van der Waals surface area (Å²) in [4.78, 5) is 16.4. The van der Waals surface area contributed by atoms with Crippen molar-refractivity contribution in [3.63, 3.8) is 0 Å². The number of rotatable bonds is 5. The molecule has 7 heteroatoms. The summed E-state index contributed by atoms with van der Waals surface area (Å²) in [5.41, 5.74) is -1.47. The van der Waals surface area contributed by atoms with Crippen molar-refractivity contribution < 1.29 is 19.0 Å². The van der Waals surface area contributed by atoms with Crippen LogP contribution in [-0.4, -0.2) is 38.6 Å². The summed E-state index contributed by atoms with van der Waals surface area (Å²) in [7, 11) is 1.33. The molecule has 1 aliphatic carbocycles. The van der Waals surface area contributed by atoms with Crippen molar-refractivity contribution in [2.24, 2.45) is 11.3 Å². The molecule has 1 N–H and O–H groups in total. The van der Waals surface area contributed by atoms with Crippen LogP contribution in [0.3, 0.4) is 0 Å². The molecule has 134 valence electrons. The quantitative estimate of drug-likeness (QED) is 0.837. The van der Waals surface area contributed by atoms with Crippen LogP contribution >= 0.6 is 0 Å². The summed E-state index contributed by atoms with van der Waals surface area (Å²) in [6.45, 7) is 1.88. The molecule has 0 spiro atoms. The van der Waals surface area contributed by atoms with Crippen LogP contribution in [0.4, 0.5) is 4.39 Å². The Kier molecular flexibility index (Phi) is 4.60. The van der Waals surface area contributed by atoms with Gasteiger partial charge in [-0.15, -0.1) is 0 Å². The third-order valence-corrected chi connectivity index (χ3v) is 5.52. The highest BCUT2D eigenvalue weighted by Crippen LogP contribution is 2.52. The van der Waals surface area contributed by atoms with Crippen LogP contribution in [-0.2, 0) is 22.5 Å². The third-order valence-electron chi connectivity index (χ3n) is 5.52. The van der Waals surface area contributed by atoms with Crippen molar-refractivity contribution in [2.75, 3.05) is 7.11 Å². The van der Waals surface area contributed by atoms with E-state index in [-0.39, 0.29) is 18.3 Å². The largest absolute Gasteiger partial charge is 0.469 e. The standard InChI is InChI=1S/C18H22FN3O3/c1-17(16(23)25-2)8-7-14(9-13-3-5-15(19)6-4-13)18(17,24)10-22-12-20-11-21-22/h3-6,11-12,14,24H,7-10H2,1-2H3/t14-,17+,18-/m0/s1. The summed E-state index contributed by atoms with van der Waals surface area (Å²) in [5.74, 6) is -0.921. The maximum Gasteiger partial charge on any atom is 0.314 e. The average Bonchev–Trinajstić information content (AvgIpc) is 3.19. The fraction of sp³-hybridized carbons (Fsp3) is 0.500. The van der Waals surface area contributed by atoms with E-state index in [1.165, 1.54) is 36.6 Å². The molecule has 1 aromatic heterocycles. The molecule has 0 saturated heterocycles. The van der Waals surface area contributed by atoms with Gasteiger partial charge in [-0.05, 0) is 49.8 Å². The van der Waals surface area contributed by atoms with Gasteiger partial charge in [-0.1, -0.05) is 12.1 Å². The monoisotopic (exact) mass is 347 g/mol. The molecular formula is C18H22FN3O3. The maximum absolute atomic E-state index is 13.1. The molecule has 0 unspecified atom stereocenters. The molecular weight excluding hydrogens is 325 g/mol. The van der Waals surface area contributed by atoms with Crippen LogP contribution in [0.15, 0.2) is 36.9 Å². The zero-order valence-electron chi connectivity index (χ0n) is 14.4. The Hall–Kier alpha value is -2.28. The molecule has 6 nitrogen and oxygen atoms in total. The fourth-order valence-electron chi connectivity index (χ4n) is 3.91. The number of carbonyl (C=O) groups excluding carboxylic acids is 1. The minimum atomic E-state index is -1.35. The number of esters is 1. The van der Waals surface area contributed by atoms with E-state index < -0.39 is 17.0 Å². The number of ether oxygens (including phenoxy) is 1. The van der Waals surface area contributed by atoms with E-state index in [0.717, 1.165) is 5.56 Å². The minimum Gasteiger partial charge on any atom is -0.469 e. The smallest absolute Gasteiger partial charge is 0.314 e. The second kappa shape index (κ2) is 6.55. The summed E-state index contributed by atoms with van der Waals surface area (Å²) in [5, 5.41) is 15.7. The van der Waals surface area contributed by atoms with E-state index in [4.69, 9.17) is 4.74 Å². The normalized spacial score (nSPS) is 28.9. The number of aliphatic hydroxyl groups is 1. The van der Waals surface area contributed by atoms with Crippen LogP contribution in [0.2, 0.25) is 0 Å². The number of methoxy groups -OCH3 is 1. The average molecular weight is 347 g/mol. The van der Waals surface area contributed by atoms with Crippen molar-refractivity contribution in [1.29, 1.82) is 0 Å². The van der Waals surface area contributed by atoms with Gasteiger partial charge in [-0.3, -0.25) is 9.48 Å². The number of hydrogen-bond acceptors (Lipinski definition) is 5. The first-order valence-corrected chi connectivity index (χ1v) is 8.27. The van der Waals surface area contributed by atoms with Gasteiger partial charge in [0.1, 0.15) is 24.1 Å². The first-order valence-electron chi connectivity index (χ1n) is 8.27. The molecule has 1 aliphatic rings. The summed E-state index contributed by atoms with van der Waals surface area (Å²) < 4.78 is 19.7. The van der Waals surface area contributed by atoms with Gasteiger partial charge in [-0.25, -0.2) is 9.37 Å². The predicted molar refractivity (Wildman–Crippen MR) is 87.9 cm³/mol. The number of hydrogen-bond donors (Lipinski definition) is 1. The van der Waals surface area contributed by atoms with Crippen molar-refractivity contribution in [3.05, 3.63) is 48.3 Å². The van der Waals surface area contributed by atoms with Crippen LogP contribution in [0.1, 0.15) is 25.3 Å². The molecule has 3 rings (SSSR count). The Labute approximate surface area is 145 Å².